The molecule has 3 aromatic rings. The van der Waals surface area contributed by atoms with E-state index in [0.717, 1.165) is 11.6 Å². The summed E-state index contributed by atoms with van der Waals surface area (Å²) < 4.78 is 39.5. The maximum Gasteiger partial charge on any atom is 0.192 e. The Morgan fingerprint density at radius 3 is 2.39 bits per heavy atom. The van der Waals surface area contributed by atoms with Crippen molar-refractivity contribution in [1.29, 1.82) is 0 Å². The Morgan fingerprint density at radius 2 is 1.79 bits per heavy atom. The van der Waals surface area contributed by atoms with Crippen molar-refractivity contribution >= 4 is 11.8 Å². The third kappa shape index (κ3) is 4.33. The molecule has 28 heavy (non-hydrogen) atoms. The molecule has 0 radical (unpaired) electrons. The van der Waals surface area contributed by atoms with Crippen LogP contribution >= 0.6 is 11.8 Å². The highest BCUT2D eigenvalue weighted by Gasteiger charge is 2.16. The van der Waals surface area contributed by atoms with E-state index in [9.17, 15) is 8.78 Å². The maximum atomic E-state index is 13.9. The number of halogens is 2. The average Bonchev–Trinajstić information content (AvgIpc) is 3.10. The van der Waals surface area contributed by atoms with Crippen LogP contribution < -0.4 is 9.47 Å². The minimum absolute atomic E-state index is 0.294. The number of benzene rings is 2. The molecule has 2 aromatic carbocycles. The molecule has 0 unspecified atom stereocenters. The standard InChI is InChI=1S/C20H19F2N3O2S/c1-4-7-25-19(14-8-16(26-2)11-17(9-14)27-3)23-24-20(25)28-12-13-5-6-15(21)10-18(13)22/h4-6,8-11H,1,7,12H2,2-3H3. The zero-order valence-electron chi connectivity index (χ0n) is 15.5. The fraction of sp³-hybridized carbons (Fsp3) is 0.200. The van der Waals surface area contributed by atoms with E-state index in [1.54, 1.807) is 26.4 Å². The first-order chi connectivity index (χ1) is 13.5. The van der Waals surface area contributed by atoms with Crippen molar-refractivity contribution in [2.75, 3.05) is 14.2 Å². The number of hydrogen-bond donors (Lipinski definition) is 0. The quantitative estimate of drug-likeness (QED) is 0.402. The van der Waals surface area contributed by atoms with Crippen molar-refractivity contribution < 1.29 is 18.3 Å². The summed E-state index contributed by atoms with van der Waals surface area (Å²) in [4.78, 5) is 0. The largest absolute Gasteiger partial charge is 0.497 e. The van der Waals surface area contributed by atoms with E-state index in [1.165, 1.54) is 23.9 Å². The minimum Gasteiger partial charge on any atom is -0.497 e. The fourth-order valence-corrected chi connectivity index (χ4v) is 3.55. The molecule has 3 rings (SSSR count). The van der Waals surface area contributed by atoms with E-state index >= 15 is 0 Å². The van der Waals surface area contributed by atoms with Crippen LogP contribution in [0.1, 0.15) is 5.56 Å². The fourth-order valence-electron chi connectivity index (χ4n) is 2.62. The van der Waals surface area contributed by atoms with Gasteiger partial charge in [-0.3, -0.25) is 4.57 Å². The molecule has 0 atom stereocenters. The predicted octanol–water partition coefficient (Wildman–Crippen LogP) is 4.72. The lowest BCUT2D eigenvalue weighted by Gasteiger charge is -2.10. The van der Waals surface area contributed by atoms with Gasteiger partial charge in [-0.2, -0.15) is 0 Å². The van der Waals surface area contributed by atoms with Gasteiger partial charge in [0.05, 0.1) is 14.2 Å². The van der Waals surface area contributed by atoms with Gasteiger partial charge < -0.3 is 9.47 Å². The molecule has 0 saturated heterocycles. The van der Waals surface area contributed by atoms with Gasteiger partial charge in [0.25, 0.3) is 0 Å². The highest BCUT2D eigenvalue weighted by molar-refractivity contribution is 7.98. The van der Waals surface area contributed by atoms with Crippen LogP contribution in [0, 0.1) is 11.6 Å². The first kappa shape index (κ1) is 19.9. The normalized spacial score (nSPS) is 10.7. The van der Waals surface area contributed by atoms with Crippen molar-refractivity contribution in [2.24, 2.45) is 0 Å². The van der Waals surface area contributed by atoms with Crippen LogP contribution in [-0.2, 0) is 12.3 Å². The van der Waals surface area contributed by atoms with Crippen LogP contribution in [0.2, 0.25) is 0 Å². The number of ether oxygens (including phenoxy) is 2. The number of allylic oxidation sites excluding steroid dienone is 1. The summed E-state index contributed by atoms with van der Waals surface area (Å²) in [6, 6.07) is 8.98. The van der Waals surface area contributed by atoms with Crippen LogP contribution in [0.15, 0.2) is 54.2 Å². The van der Waals surface area contributed by atoms with Crippen LogP contribution in [0.25, 0.3) is 11.4 Å². The Morgan fingerprint density at radius 1 is 1.07 bits per heavy atom. The molecule has 8 heteroatoms. The molecular weight excluding hydrogens is 384 g/mol. The molecule has 0 aliphatic heterocycles. The summed E-state index contributed by atoms with van der Waals surface area (Å²) in [5.41, 5.74) is 1.16. The van der Waals surface area contributed by atoms with E-state index in [4.69, 9.17) is 9.47 Å². The van der Waals surface area contributed by atoms with Gasteiger partial charge in [0.2, 0.25) is 0 Å². The number of rotatable bonds is 8. The molecule has 0 N–H and O–H groups in total. The topological polar surface area (TPSA) is 49.2 Å². The number of methoxy groups -OCH3 is 2. The van der Waals surface area contributed by atoms with Crippen LogP contribution in [0.4, 0.5) is 8.78 Å². The number of hydrogen-bond acceptors (Lipinski definition) is 5. The molecule has 0 bridgehead atoms. The summed E-state index contributed by atoms with van der Waals surface area (Å²) in [5.74, 6) is 0.979. The van der Waals surface area contributed by atoms with Gasteiger partial charge in [-0.05, 0) is 23.8 Å². The van der Waals surface area contributed by atoms with Gasteiger partial charge in [-0.15, -0.1) is 16.8 Å². The summed E-state index contributed by atoms with van der Waals surface area (Å²) in [5, 5.41) is 9.12. The van der Waals surface area contributed by atoms with Crippen LogP contribution in [0.5, 0.6) is 11.5 Å². The second-order valence-electron chi connectivity index (χ2n) is 5.83. The second kappa shape index (κ2) is 8.88. The molecule has 5 nitrogen and oxygen atoms in total. The Hall–Kier alpha value is -2.87. The summed E-state index contributed by atoms with van der Waals surface area (Å²) in [7, 11) is 3.15. The zero-order chi connectivity index (χ0) is 20.1. The summed E-state index contributed by atoms with van der Waals surface area (Å²) in [6.45, 7) is 4.25. The van der Waals surface area contributed by atoms with E-state index in [2.05, 4.69) is 16.8 Å². The molecule has 0 spiro atoms. The van der Waals surface area contributed by atoms with E-state index in [0.29, 0.717) is 40.3 Å². The summed E-state index contributed by atoms with van der Waals surface area (Å²) >= 11 is 1.31. The number of aromatic nitrogens is 3. The Balaban J connectivity index is 1.92. The second-order valence-corrected chi connectivity index (χ2v) is 6.77. The Labute approximate surface area is 166 Å². The SMILES string of the molecule is C=CCn1c(SCc2ccc(F)cc2F)nnc1-c1cc(OC)cc(OC)c1. The predicted molar refractivity (Wildman–Crippen MR) is 105 cm³/mol. The number of thioether (sulfide) groups is 1. The van der Waals surface area contributed by atoms with Crippen molar-refractivity contribution in [3.8, 4) is 22.9 Å². The number of nitrogens with zero attached hydrogens (tertiary/aromatic N) is 3. The van der Waals surface area contributed by atoms with Crippen molar-refractivity contribution in [3.05, 3.63) is 66.3 Å². The van der Waals surface area contributed by atoms with Gasteiger partial charge >= 0.3 is 0 Å². The molecule has 146 valence electrons. The third-order valence-corrected chi connectivity index (χ3v) is 5.03. The highest BCUT2D eigenvalue weighted by Crippen LogP contribution is 2.32. The molecule has 0 saturated carbocycles. The molecule has 0 fully saturated rings. The van der Waals surface area contributed by atoms with Gasteiger partial charge in [-0.25, -0.2) is 8.78 Å². The van der Waals surface area contributed by atoms with E-state index in [-0.39, 0.29) is 0 Å². The van der Waals surface area contributed by atoms with E-state index < -0.39 is 11.6 Å². The molecule has 0 aliphatic rings. The lowest BCUT2D eigenvalue weighted by molar-refractivity contribution is 0.394. The van der Waals surface area contributed by atoms with Gasteiger partial charge in [-0.1, -0.05) is 23.9 Å². The first-order valence-electron chi connectivity index (χ1n) is 8.40. The van der Waals surface area contributed by atoms with Crippen LogP contribution in [-0.4, -0.2) is 29.0 Å². The lowest BCUT2D eigenvalue weighted by atomic mass is 10.2. The highest BCUT2D eigenvalue weighted by atomic mass is 32.2. The Bertz CT molecular complexity index is 969. The smallest absolute Gasteiger partial charge is 0.192 e. The minimum atomic E-state index is -0.602. The van der Waals surface area contributed by atoms with Gasteiger partial charge in [0.15, 0.2) is 11.0 Å². The van der Waals surface area contributed by atoms with Gasteiger partial charge in [0, 0.05) is 30.0 Å². The third-order valence-electron chi connectivity index (χ3n) is 4.01. The molecule has 1 aromatic heterocycles. The Kier molecular flexibility index (Phi) is 6.30. The lowest BCUT2D eigenvalue weighted by Crippen LogP contribution is -2.01. The van der Waals surface area contributed by atoms with Crippen molar-refractivity contribution in [3.63, 3.8) is 0 Å². The van der Waals surface area contributed by atoms with Gasteiger partial charge in [0.1, 0.15) is 23.1 Å². The summed E-state index contributed by atoms with van der Waals surface area (Å²) in [6.07, 6.45) is 1.73. The molecule has 0 amide bonds. The van der Waals surface area contributed by atoms with E-state index in [1.807, 2.05) is 16.7 Å². The maximum absolute atomic E-state index is 13.9. The molecule has 1 heterocycles. The first-order valence-corrected chi connectivity index (χ1v) is 9.38. The average molecular weight is 403 g/mol. The van der Waals surface area contributed by atoms with Crippen molar-refractivity contribution in [2.45, 2.75) is 17.5 Å². The van der Waals surface area contributed by atoms with Crippen molar-refractivity contribution in [1.82, 2.24) is 14.8 Å². The molecular formula is C20H19F2N3O2S. The zero-order valence-corrected chi connectivity index (χ0v) is 16.3. The van der Waals surface area contributed by atoms with Crippen LogP contribution in [0.3, 0.4) is 0 Å². The monoisotopic (exact) mass is 403 g/mol. The molecule has 0 aliphatic carbocycles.